The topological polar surface area (TPSA) is 43.4 Å². The molecule has 0 amide bonds. The third kappa shape index (κ3) is 4.43. The minimum Gasteiger partial charge on any atom is -0.382 e. The highest BCUT2D eigenvalue weighted by atomic mass is 32.2. The van der Waals surface area contributed by atoms with Crippen LogP contribution in [0.4, 0.5) is 4.39 Å². The molecule has 23 heavy (non-hydrogen) atoms. The van der Waals surface area contributed by atoms with E-state index in [-0.39, 0.29) is 11.3 Å². The fourth-order valence-corrected chi connectivity index (χ4v) is 6.15. The van der Waals surface area contributed by atoms with Crippen LogP contribution in [0.5, 0.6) is 5.75 Å². The summed E-state index contributed by atoms with van der Waals surface area (Å²) in [5, 5.41) is 0. The molecule has 0 spiro atoms. The van der Waals surface area contributed by atoms with Gasteiger partial charge in [-0.05, 0) is 23.8 Å². The van der Waals surface area contributed by atoms with E-state index in [9.17, 15) is 12.8 Å². The highest BCUT2D eigenvalue weighted by Gasteiger charge is 2.19. The van der Waals surface area contributed by atoms with E-state index in [1.807, 2.05) is 35.7 Å². The Bertz CT molecular complexity index is 769. The average molecular weight is 370 g/mol. The van der Waals surface area contributed by atoms with E-state index in [1.54, 1.807) is 18.2 Å². The molecule has 1 aliphatic heterocycles. The van der Waals surface area contributed by atoms with E-state index in [0.717, 1.165) is 17.1 Å². The first kappa shape index (κ1) is 16.7. The van der Waals surface area contributed by atoms with Crippen LogP contribution in [-0.4, -0.2) is 19.9 Å². The van der Waals surface area contributed by atoms with Crippen LogP contribution in [0.15, 0.2) is 48.5 Å². The molecule has 1 aliphatic rings. The lowest BCUT2D eigenvalue weighted by Gasteiger charge is -2.10. The number of rotatable bonds is 5. The zero-order chi connectivity index (χ0) is 16.3. The van der Waals surface area contributed by atoms with Crippen molar-refractivity contribution in [2.75, 3.05) is 11.5 Å². The van der Waals surface area contributed by atoms with E-state index >= 15 is 0 Å². The van der Waals surface area contributed by atoms with Gasteiger partial charge in [0.15, 0.2) is 0 Å². The third-order valence-electron chi connectivity index (χ3n) is 3.29. The molecule has 122 valence electrons. The minimum atomic E-state index is -3.89. The summed E-state index contributed by atoms with van der Waals surface area (Å²) in [6.45, 7) is 0. The van der Waals surface area contributed by atoms with Crippen LogP contribution in [0.1, 0.15) is 15.7 Å². The number of halogens is 1. The number of hydrogen-bond acceptors (Lipinski definition) is 5. The van der Waals surface area contributed by atoms with Crippen LogP contribution in [-0.2, 0) is 15.9 Å². The first-order valence-electron chi connectivity index (χ1n) is 7.02. The molecule has 0 saturated carbocycles. The Morgan fingerprint density at radius 3 is 2.35 bits per heavy atom. The Hall–Kier alpha value is -1.18. The van der Waals surface area contributed by atoms with Gasteiger partial charge in [0, 0.05) is 17.1 Å². The second kappa shape index (κ2) is 7.15. The zero-order valence-electron chi connectivity index (χ0n) is 12.1. The largest absolute Gasteiger partial charge is 0.382 e. The molecule has 7 heteroatoms. The van der Waals surface area contributed by atoms with E-state index in [1.165, 1.54) is 18.2 Å². The molecule has 0 radical (unpaired) electrons. The predicted octanol–water partition coefficient (Wildman–Crippen LogP) is 4.21. The van der Waals surface area contributed by atoms with Crippen molar-refractivity contribution in [2.45, 2.75) is 10.3 Å². The van der Waals surface area contributed by atoms with E-state index in [2.05, 4.69) is 0 Å². The molecule has 1 saturated heterocycles. The quantitative estimate of drug-likeness (QED) is 0.738. The second-order valence-electron chi connectivity index (χ2n) is 5.02. The summed E-state index contributed by atoms with van der Waals surface area (Å²) < 4.78 is 43.2. The van der Waals surface area contributed by atoms with Crippen molar-refractivity contribution in [2.24, 2.45) is 0 Å². The summed E-state index contributed by atoms with van der Waals surface area (Å²) >= 11 is 3.76. The minimum absolute atomic E-state index is 0.0999. The summed E-state index contributed by atoms with van der Waals surface area (Å²) in [6, 6.07) is 12.8. The lowest BCUT2D eigenvalue weighted by molar-refractivity contribution is 0.483. The van der Waals surface area contributed by atoms with Crippen LogP contribution in [0, 0.1) is 5.82 Å². The first-order valence-corrected chi connectivity index (χ1v) is 10.7. The van der Waals surface area contributed by atoms with Crippen LogP contribution in [0.2, 0.25) is 0 Å². The summed E-state index contributed by atoms with van der Waals surface area (Å²) in [5.41, 5.74) is 1.25. The first-order chi connectivity index (χ1) is 11.0. The normalized spacial score (nSPS) is 15.7. The van der Waals surface area contributed by atoms with Crippen molar-refractivity contribution in [3.8, 4) is 5.75 Å². The van der Waals surface area contributed by atoms with Crippen molar-refractivity contribution in [3.63, 3.8) is 0 Å². The van der Waals surface area contributed by atoms with Gasteiger partial charge in [-0.3, -0.25) is 0 Å². The predicted molar refractivity (Wildman–Crippen MR) is 93.8 cm³/mol. The average Bonchev–Trinajstić information content (AvgIpc) is 3.04. The maximum atomic E-state index is 13.6. The molecule has 3 rings (SSSR count). The van der Waals surface area contributed by atoms with E-state index in [0.29, 0.717) is 4.58 Å². The standard InChI is InChI=1S/C16H15FO3S3/c17-15-4-2-1-3-13(15)11-23(18,19)20-14-7-5-12(6-8-14)16-21-9-10-22-16/h1-8,16H,9-11H2. The lowest BCUT2D eigenvalue weighted by atomic mass is 10.2. The van der Waals surface area contributed by atoms with Gasteiger partial charge in [-0.1, -0.05) is 30.3 Å². The van der Waals surface area contributed by atoms with Gasteiger partial charge in [-0.2, -0.15) is 8.42 Å². The summed E-state index contributed by atoms with van der Waals surface area (Å²) in [7, 11) is -3.89. The smallest absolute Gasteiger partial charge is 0.313 e. The molecule has 0 bridgehead atoms. The summed E-state index contributed by atoms with van der Waals surface area (Å²) in [4.78, 5) is 0. The molecule has 1 heterocycles. The number of benzene rings is 2. The molecule has 0 aliphatic carbocycles. The van der Waals surface area contributed by atoms with Crippen LogP contribution in [0.25, 0.3) is 0 Å². The third-order valence-corrected chi connectivity index (χ3v) is 7.50. The maximum Gasteiger partial charge on any atom is 0.313 e. The van der Waals surface area contributed by atoms with Crippen molar-refractivity contribution >= 4 is 33.6 Å². The fourth-order valence-electron chi connectivity index (χ4n) is 2.21. The van der Waals surface area contributed by atoms with Gasteiger partial charge < -0.3 is 4.18 Å². The van der Waals surface area contributed by atoms with Gasteiger partial charge in [0.2, 0.25) is 0 Å². The van der Waals surface area contributed by atoms with Gasteiger partial charge in [0.25, 0.3) is 0 Å². The maximum absolute atomic E-state index is 13.6. The Balaban J connectivity index is 1.69. The highest BCUT2D eigenvalue weighted by Crippen LogP contribution is 2.45. The summed E-state index contributed by atoms with van der Waals surface area (Å²) in [6.07, 6.45) is 0. The Morgan fingerprint density at radius 1 is 1.04 bits per heavy atom. The second-order valence-corrected chi connectivity index (χ2v) is 9.31. The molecular weight excluding hydrogens is 355 g/mol. The molecule has 0 atom stereocenters. The van der Waals surface area contributed by atoms with E-state index < -0.39 is 21.7 Å². The Morgan fingerprint density at radius 2 is 1.70 bits per heavy atom. The fraction of sp³-hybridized carbons (Fsp3) is 0.250. The molecule has 3 nitrogen and oxygen atoms in total. The zero-order valence-corrected chi connectivity index (χ0v) is 14.6. The monoisotopic (exact) mass is 370 g/mol. The number of thioether (sulfide) groups is 2. The van der Waals surface area contributed by atoms with Gasteiger partial charge in [-0.25, -0.2) is 4.39 Å². The Kier molecular flexibility index (Phi) is 5.18. The SMILES string of the molecule is O=S(=O)(Cc1ccccc1F)Oc1ccc(C2SCCS2)cc1. The van der Waals surface area contributed by atoms with Gasteiger partial charge >= 0.3 is 10.1 Å². The van der Waals surface area contributed by atoms with Gasteiger partial charge in [-0.15, -0.1) is 23.5 Å². The van der Waals surface area contributed by atoms with E-state index in [4.69, 9.17) is 4.18 Å². The van der Waals surface area contributed by atoms with Crippen LogP contribution < -0.4 is 4.18 Å². The van der Waals surface area contributed by atoms with Crippen molar-refractivity contribution in [3.05, 3.63) is 65.5 Å². The molecule has 1 fully saturated rings. The molecule has 2 aromatic carbocycles. The van der Waals surface area contributed by atoms with Gasteiger partial charge in [0.05, 0.1) is 4.58 Å². The molecular formula is C16H15FO3S3. The van der Waals surface area contributed by atoms with Gasteiger partial charge in [0.1, 0.15) is 17.3 Å². The number of hydrogen-bond donors (Lipinski definition) is 0. The highest BCUT2D eigenvalue weighted by molar-refractivity contribution is 8.19. The van der Waals surface area contributed by atoms with Crippen molar-refractivity contribution < 1.29 is 17.0 Å². The molecule has 0 unspecified atom stereocenters. The lowest BCUT2D eigenvalue weighted by Crippen LogP contribution is -2.13. The van der Waals surface area contributed by atoms with Crippen molar-refractivity contribution in [1.29, 1.82) is 0 Å². The van der Waals surface area contributed by atoms with Crippen LogP contribution in [0.3, 0.4) is 0 Å². The molecule has 0 aromatic heterocycles. The summed E-state index contributed by atoms with van der Waals surface area (Å²) in [5.74, 6) is 1.47. The van der Waals surface area contributed by atoms with Crippen LogP contribution >= 0.6 is 23.5 Å². The Labute approximate surface area is 143 Å². The molecule has 0 N–H and O–H groups in total. The molecule has 2 aromatic rings. The van der Waals surface area contributed by atoms with Crippen molar-refractivity contribution in [1.82, 2.24) is 0 Å².